The van der Waals surface area contributed by atoms with Crippen molar-refractivity contribution in [1.82, 2.24) is 4.98 Å². The maximum atomic E-state index is 13.2. The molecule has 0 fully saturated rings. The topological polar surface area (TPSA) is 65.2 Å². The molecule has 0 saturated heterocycles. The van der Waals surface area contributed by atoms with Crippen molar-refractivity contribution in [2.24, 2.45) is 0 Å². The number of nitrogens with zero attached hydrogens (tertiary/aromatic N) is 1. The van der Waals surface area contributed by atoms with E-state index in [2.05, 4.69) is 20.9 Å². The number of benzene rings is 1. The summed E-state index contributed by atoms with van der Waals surface area (Å²) >= 11 is 3.27. The van der Waals surface area contributed by atoms with E-state index < -0.39 is 11.8 Å². The Kier molecular flexibility index (Phi) is 4.11. The summed E-state index contributed by atoms with van der Waals surface area (Å²) in [6, 6.07) is 5.58. The van der Waals surface area contributed by atoms with E-state index in [-0.39, 0.29) is 17.9 Å². The second kappa shape index (κ2) is 5.79. The van der Waals surface area contributed by atoms with Crippen LogP contribution in [0.4, 0.5) is 10.1 Å². The van der Waals surface area contributed by atoms with Gasteiger partial charge in [0.25, 0.3) is 0 Å². The second-order valence-corrected chi connectivity index (χ2v) is 4.74. The molecule has 0 saturated carbocycles. The first-order chi connectivity index (χ1) is 9.06. The number of aromatic nitrogens is 1. The standard InChI is InChI=1S/C13H10BrFN2O2/c14-10-3-8(5-17-6-10)7-19-13(18)9-1-2-12(16)11(15)4-9/h1-6H,7,16H2. The van der Waals surface area contributed by atoms with Gasteiger partial charge in [0, 0.05) is 22.4 Å². The average molecular weight is 325 g/mol. The van der Waals surface area contributed by atoms with E-state index in [4.69, 9.17) is 10.5 Å². The molecule has 0 aliphatic rings. The lowest BCUT2D eigenvalue weighted by molar-refractivity contribution is 0.0472. The molecule has 98 valence electrons. The molecule has 2 N–H and O–H groups in total. The highest BCUT2D eigenvalue weighted by atomic mass is 79.9. The Bertz CT molecular complexity index is 619. The highest BCUT2D eigenvalue weighted by molar-refractivity contribution is 9.10. The van der Waals surface area contributed by atoms with Crippen LogP contribution in [0, 0.1) is 5.82 Å². The van der Waals surface area contributed by atoms with Crippen molar-refractivity contribution in [2.45, 2.75) is 6.61 Å². The van der Waals surface area contributed by atoms with Crippen molar-refractivity contribution in [3.05, 3.63) is 58.1 Å². The molecule has 2 aromatic rings. The molecule has 0 atom stereocenters. The van der Waals surface area contributed by atoms with E-state index >= 15 is 0 Å². The summed E-state index contributed by atoms with van der Waals surface area (Å²) in [5, 5.41) is 0. The van der Waals surface area contributed by atoms with Gasteiger partial charge in [0.05, 0.1) is 11.3 Å². The Balaban J connectivity index is 2.03. The Labute approximate surface area is 117 Å². The molecule has 0 aliphatic heterocycles. The molecule has 0 unspecified atom stereocenters. The smallest absolute Gasteiger partial charge is 0.338 e. The van der Waals surface area contributed by atoms with Gasteiger partial charge in [-0.15, -0.1) is 0 Å². The molecule has 0 aliphatic carbocycles. The first kappa shape index (κ1) is 13.5. The highest BCUT2D eigenvalue weighted by Gasteiger charge is 2.10. The fraction of sp³-hybridized carbons (Fsp3) is 0.0769. The van der Waals surface area contributed by atoms with Crippen LogP contribution in [0.1, 0.15) is 15.9 Å². The summed E-state index contributed by atoms with van der Waals surface area (Å²) in [6.07, 6.45) is 3.21. The minimum Gasteiger partial charge on any atom is -0.457 e. The monoisotopic (exact) mass is 324 g/mol. The van der Waals surface area contributed by atoms with Gasteiger partial charge < -0.3 is 10.5 Å². The molecular weight excluding hydrogens is 315 g/mol. The third-order valence-electron chi connectivity index (χ3n) is 2.37. The van der Waals surface area contributed by atoms with Gasteiger partial charge in [-0.1, -0.05) is 0 Å². The van der Waals surface area contributed by atoms with Crippen molar-refractivity contribution >= 4 is 27.6 Å². The SMILES string of the molecule is Nc1ccc(C(=O)OCc2cncc(Br)c2)cc1F. The number of anilines is 1. The van der Waals surface area contributed by atoms with Gasteiger partial charge in [-0.05, 0) is 40.2 Å². The predicted octanol–water partition coefficient (Wildman–Crippen LogP) is 2.92. The lowest BCUT2D eigenvalue weighted by atomic mass is 10.2. The Hall–Kier alpha value is -1.95. The third kappa shape index (κ3) is 3.51. The number of carbonyl (C=O) groups excluding carboxylic acids is 1. The van der Waals surface area contributed by atoms with Crippen molar-refractivity contribution < 1.29 is 13.9 Å². The van der Waals surface area contributed by atoms with Crippen LogP contribution in [0.3, 0.4) is 0 Å². The maximum absolute atomic E-state index is 13.2. The largest absolute Gasteiger partial charge is 0.457 e. The van der Waals surface area contributed by atoms with E-state index in [1.165, 1.54) is 12.1 Å². The summed E-state index contributed by atoms with van der Waals surface area (Å²) in [6.45, 7) is 0.0667. The molecule has 1 aromatic carbocycles. The summed E-state index contributed by atoms with van der Waals surface area (Å²) in [5.74, 6) is -1.25. The fourth-order valence-corrected chi connectivity index (χ4v) is 1.83. The molecule has 2 rings (SSSR count). The lowest BCUT2D eigenvalue weighted by Crippen LogP contribution is -2.06. The number of rotatable bonds is 3. The fourth-order valence-electron chi connectivity index (χ4n) is 1.42. The van der Waals surface area contributed by atoms with Crippen LogP contribution in [0.5, 0.6) is 0 Å². The minimum atomic E-state index is -0.640. The molecule has 1 heterocycles. The van der Waals surface area contributed by atoms with E-state index in [9.17, 15) is 9.18 Å². The zero-order valence-electron chi connectivity index (χ0n) is 9.77. The summed E-state index contributed by atoms with van der Waals surface area (Å²) in [4.78, 5) is 15.7. The third-order valence-corrected chi connectivity index (χ3v) is 2.80. The zero-order valence-corrected chi connectivity index (χ0v) is 11.4. The van der Waals surface area contributed by atoms with Crippen LogP contribution in [-0.4, -0.2) is 11.0 Å². The molecule has 1 aromatic heterocycles. The number of ether oxygens (including phenoxy) is 1. The van der Waals surface area contributed by atoms with Crippen LogP contribution >= 0.6 is 15.9 Å². The van der Waals surface area contributed by atoms with Gasteiger partial charge in [0.2, 0.25) is 0 Å². The normalized spacial score (nSPS) is 10.2. The van der Waals surface area contributed by atoms with Crippen LogP contribution < -0.4 is 5.73 Å². The first-order valence-electron chi connectivity index (χ1n) is 5.38. The van der Waals surface area contributed by atoms with Crippen LogP contribution in [0.15, 0.2) is 41.1 Å². The lowest BCUT2D eigenvalue weighted by Gasteiger charge is -2.05. The molecule has 6 heteroatoms. The molecular formula is C13H10BrFN2O2. The zero-order chi connectivity index (χ0) is 13.8. The van der Waals surface area contributed by atoms with Gasteiger partial charge in [-0.2, -0.15) is 0 Å². The highest BCUT2D eigenvalue weighted by Crippen LogP contribution is 2.14. The van der Waals surface area contributed by atoms with Crippen LogP contribution in [0.2, 0.25) is 0 Å². The molecule has 0 amide bonds. The van der Waals surface area contributed by atoms with Gasteiger partial charge in [0.15, 0.2) is 0 Å². The number of pyridine rings is 1. The molecule has 0 bridgehead atoms. The predicted molar refractivity (Wildman–Crippen MR) is 71.9 cm³/mol. The van der Waals surface area contributed by atoms with Crippen molar-refractivity contribution in [1.29, 1.82) is 0 Å². The van der Waals surface area contributed by atoms with E-state index in [1.54, 1.807) is 18.5 Å². The average Bonchev–Trinajstić information content (AvgIpc) is 2.39. The van der Waals surface area contributed by atoms with E-state index in [0.717, 1.165) is 16.1 Å². The maximum Gasteiger partial charge on any atom is 0.338 e. The van der Waals surface area contributed by atoms with Crippen molar-refractivity contribution in [3.63, 3.8) is 0 Å². The van der Waals surface area contributed by atoms with Crippen molar-refractivity contribution in [3.8, 4) is 0 Å². The Morgan fingerprint density at radius 3 is 2.84 bits per heavy atom. The summed E-state index contributed by atoms with van der Waals surface area (Å²) in [7, 11) is 0. The molecule has 4 nitrogen and oxygen atoms in total. The number of carbonyl (C=O) groups is 1. The Morgan fingerprint density at radius 1 is 1.37 bits per heavy atom. The number of halogens is 2. The minimum absolute atomic E-state index is 0.00672. The number of hydrogen-bond acceptors (Lipinski definition) is 4. The number of hydrogen-bond donors (Lipinski definition) is 1. The van der Waals surface area contributed by atoms with Gasteiger partial charge in [-0.3, -0.25) is 4.98 Å². The van der Waals surface area contributed by atoms with Crippen molar-refractivity contribution in [2.75, 3.05) is 5.73 Å². The number of esters is 1. The molecule has 0 radical (unpaired) electrons. The first-order valence-corrected chi connectivity index (χ1v) is 6.17. The quantitative estimate of drug-likeness (QED) is 0.696. The number of nitrogen functional groups attached to an aromatic ring is 1. The number of nitrogens with two attached hydrogens (primary N) is 1. The second-order valence-electron chi connectivity index (χ2n) is 3.82. The molecule has 0 spiro atoms. The van der Waals surface area contributed by atoms with Gasteiger partial charge in [0.1, 0.15) is 12.4 Å². The van der Waals surface area contributed by atoms with Gasteiger partial charge in [-0.25, -0.2) is 9.18 Å². The van der Waals surface area contributed by atoms with Gasteiger partial charge >= 0.3 is 5.97 Å². The summed E-state index contributed by atoms with van der Waals surface area (Å²) < 4.78 is 19.1. The Morgan fingerprint density at radius 2 is 2.16 bits per heavy atom. The van der Waals surface area contributed by atoms with E-state index in [0.29, 0.717) is 0 Å². The van der Waals surface area contributed by atoms with E-state index in [1.807, 2.05) is 0 Å². The summed E-state index contributed by atoms with van der Waals surface area (Å²) in [5.41, 5.74) is 6.18. The molecule has 19 heavy (non-hydrogen) atoms. The van der Waals surface area contributed by atoms with Crippen LogP contribution in [-0.2, 0) is 11.3 Å². The van der Waals surface area contributed by atoms with Crippen LogP contribution in [0.25, 0.3) is 0 Å².